The summed E-state index contributed by atoms with van der Waals surface area (Å²) < 4.78 is 46.5. The monoisotopic (exact) mass is 504 g/mol. The lowest BCUT2D eigenvalue weighted by Crippen LogP contribution is -2.57. The van der Waals surface area contributed by atoms with Gasteiger partial charge in [0.1, 0.15) is 17.5 Å². The molecule has 2 N–H and O–H groups in total. The van der Waals surface area contributed by atoms with Crippen LogP contribution in [0.25, 0.3) is 11.3 Å². The maximum atomic E-state index is 14.1. The van der Waals surface area contributed by atoms with Gasteiger partial charge in [0.2, 0.25) is 5.91 Å². The second kappa shape index (κ2) is 10.2. The molecule has 2 aliphatic carbocycles. The highest BCUT2D eigenvalue weighted by atomic mass is 19.1. The summed E-state index contributed by atoms with van der Waals surface area (Å²) in [5.74, 6) is -3.61. The molecule has 0 unspecified atom stereocenters. The van der Waals surface area contributed by atoms with Gasteiger partial charge in [0.05, 0.1) is 11.5 Å². The lowest BCUT2D eigenvalue weighted by atomic mass is 9.80. The first-order chi connectivity index (χ1) is 17.3. The van der Waals surface area contributed by atoms with Crippen molar-refractivity contribution in [1.29, 1.82) is 0 Å². The minimum atomic E-state index is -1.16. The van der Waals surface area contributed by atoms with Crippen molar-refractivity contribution in [3.8, 4) is 11.3 Å². The number of piperidine rings is 1. The van der Waals surface area contributed by atoms with Gasteiger partial charge in [0.15, 0.2) is 11.5 Å². The van der Waals surface area contributed by atoms with Crippen LogP contribution in [0.3, 0.4) is 0 Å². The first kappa shape index (κ1) is 24.8. The lowest BCUT2D eigenvalue weighted by molar-refractivity contribution is -0.128. The van der Waals surface area contributed by atoms with E-state index < -0.39 is 40.9 Å². The number of carbonyl (C=O) groups excluding carboxylic acids is 2. The minimum absolute atomic E-state index is 0.0727. The summed E-state index contributed by atoms with van der Waals surface area (Å²) in [6.07, 6.45) is 6.45. The molecule has 1 saturated heterocycles. The van der Waals surface area contributed by atoms with Crippen LogP contribution in [0.5, 0.6) is 0 Å². The summed E-state index contributed by atoms with van der Waals surface area (Å²) in [6.45, 7) is 4.31. The molecule has 2 heterocycles. The molecule has 0 radical (unpaired) electrons. The predicted molar refractivity (Wildman–Crippen MR) is 125 cm³/mol. The highest BCUT2D eigenvalue weighted by Crippen LogP contribution is 2.33. The lowest BCUT2D eigenvalue weighted by Gasteiger charge is -2.39. The van der Waals surface area contributed by atoms with Crippen molar-refractivity contribution in [2.24, 2.45) is 17.8 Å². The average Bonchev–Trinajstić information content (AvgIpc) is 3.45. The van der Waals surface area contributed by atoms with E-state index in [9.17, 15) is 22.8 Å². The molecule has 2 aromatic rings. The van der Waals surface area contributed by atoms with E-state index in [2.05, 4.69) is 20.7 Å². The summed E-state index contributed by atoms with van der Waals surface area (Å²) in [4.78, 5) is 28.6. The van der Waals surface area contributed by atoms with Gasteiger partial charge in [-0.1, -0.05) is 11.6 Å². The molecular formula is C26H31F3N4O3. The van der Waals surface area contributed by atoms with Crippen LogP contribution in [0.4, 0.5) is 13.2 Å². The Bertz CT molecular complexity index is 1110. The van der Waals surface area contributed by atoms with Crippen LogP contribution in [-0.4, -0.2) is 53.6 Å². The Balaban J connectivity index is 1.28. The molecule has 194 valence electrons. The van der Waals surface area contributed by atoms with Crippen LogP contribution in [0.2, 0.25) is 0 Å². The standard InChI is InChI=1S/C26H31F3N4O3/c1-14(16-3-2-4-16)30-25(34)18-13-33(12-15-5-6-15)8-7-21(18)31-26(35)22-11-23(36-32-22)24-19(28)9-17(27)10-20(24)29/h9-11,14-16,18,21H,2-8,12-13H2,1H3,(H,30,34)(H,31,35)/t14-,18-,21-/m1/s1. The first-order valence-electron chi connectivity index (χ1n) is 12.7. The van der Waals surface area contributed by atoms with Crippen LogP contribution in [0.15, 0.2) is 22.7 Å². The molecule has 0 bridgehead atoms. The van der Waals surface area contributed by atoms with Crippen molar-refractivity contribution in [3.63, 3.8) is 0 Å². The van der Waals surface area contributed by atoms with E-state index >= 15 is 0 Å². The van der Waals surface area contributed by atoms with Gasteiger partial charge in [-0.25, -0.2) is 13.2 Å². The Hall–Kier alpha value is -2.88. The van der Waals surface area contributed by atoms with E-state index in [1.807, 2.05) is 6.92 Å². The van der Waals surface area contributed by atoms with Crippen molar-refractivity contribution < 1.29 is 27.3 Å². The second-order valence-electron chi connectivity index (χ2n) is 10.5. The van der Waals surface area contributed by atoms with Crippen molar-refractivity contribution >= 4 is 11.8 Å². The fraction of sp³-hybridized carbons (Fsp3) is 0.577. The van der Waals surface area contributed by atoms with Crippen LogP contribution >= 0.6 is 0 Å². The third-order valence-corrected chi connectivity index (χ3v) is 7.79. The third kappa shape index (κ3) is 5.43. The number of hydrogen-bond acceptors (Lipinski definition) is 5. The van der Waals surface area contributed by atoms with Gasteiger partial charge >= 0.3 is 0 Å². The molecular weight excluding hydrogens is 473 g/mol. The molecule has 0 spiro atoms. The van der Waals surface area contributed by atoms with Gasteiger partial charge in [-0.15, -0.1) is 0 Å². The Kier molecular flexibility index (Phi) is 7.05. The van der Waals surface area contributed by atoms with Gasteiger partial charge in [-0.05, 0) is 50.9 Å². The smallest absolute Gasteiger partial charge is 0.273 e. The summed E-state index contributed by atoms with van der Waals surface area (Å²) in [7, 11) is 0. The maximum Gasteiger partial charge on any atom is 0.273 e. The molecule has 7 nitrogen and oxygen atoms in total. The zero-order valence-corrected chi connectivity index (χ0v) is 20.2. The molecule has 3 atom stereocenters. The molecule has 2 saturated carbocycles. The normalized spacial score (nSPS) is 23.7. The van der Waals surface area contributed by atoms with Crippen LogP contribution in [0, 0.1) is 35.2 Å². The number of aromatic nitrogens is 1. The Morgan fingerprint density at radius 1 is 1.11 bits per heavy atom. The van der Waals surface area contributed by atoms with Crippen LogP contribution < -0.4 is 10.6 Å². The minimum Gasteiger partial charge on any atom is -0.355 e. The van der Waals surface area contributed by atoms with Crippen LogP contribution in [0.1, 0.15) is 55.9 Å². The van der Waals surface area contributed by atoms with E-state index in [1.165, 1.54) is 19.3 Å². The van der Waals surface area contributed by atoms with Gasteiger partial charge in [0, 0.05) is 49.9 Å². The van der Waals surface area contributed by atoms with E-state index in [4.69, 9.17) is 4.52 Å². The molecule has 10 heteroatoms. The maximum absolute atomic E-state index is 14.1. The SMILES string of the molecule is C[C@@H](NC(=O)[C@@H]1CN(CC2CC2)CC[C@H]1NC(=O)c1cc(-c2c(F)cc(F)cc2F)on1)C1CCC1. The molecule has 1 aliphatic heterocycles. The Morgan fingerprint density at radius 3 is 2.47 bits per heavy atom. The molecule has 2 amide bonds. The summed E-state index contributed by atoms with van der Waals surface area (Å²) in [5, 5.41) is 9.71. The molecule has 1 aromatic heterocycles. The number of carbonyl (C=O) groups is 2. The van der Waals surface area contributed by atoms with Gasteiger partial charge in [-0.3, -0.25) is 9.59 Å². The second-order valence-corrected chi connectivity index (χ2v) is 10.5. The number of hydrogen-bond donors (Lipinski definition) is 2. The van der Waals surface area contributed by atoms with Crippen molar-refractivity contribution in [3.05, 3.63) is 41.3 Å². The topological polar surface area (TPSA) is 87.5 Å². The van der Waals surface area contributed by atoms with E-state index in [0.29, 0.717) is 36.9 Å². The third-order valence-electron chi connectivity index (χ3n) is 7.79. The first-order valence-corrected chi connectivity index (χ1v) is 12.7. The largest absolute Gasteiger partial charge is 0.355 e. The van der Waals surface area contributed by atoms with Crippen molar-refractivity contribution in [2.75, 3.05) is 19.6 Å². The van der Waals surface area contributed by atoms with Gasteiger partial charge in [-0.2, -0.15) is 0 Å². The number of rotatable bonds is 8. The van der Waals surface area contributed by atoms with Gasteiger partial charge < -0.3 is 20.1 Å². The molecule has 1 aromatic carbocycles. The average molecular weight is 505 g/mol. The van der Waals surface area contributed by atoms with Crippen molar-refractivity contribution in [2.45, 2.75) is 57.5 Å². The predicted octanol–water partition coefficient (Wildman–Crippen LogP) is 3.89. The fourth-order valence-corrected chi connectivity index (χ4v) is 5.20. The Labute approximate surface area is 207 Å². The number of nitrogens with one attached hydrogen (secondary N) is 2. The molecule has 3 aliphatic rings. The van der Waals surface area contributed by atoms with E-state index in [0.717, 1.165) is 32.0 Å². The van der Waals surface area contributed by atoms with Gasteiger partial charge in [0.25, 0.3) is 5.91 Å². The highest BCUT2D eigenvalue weighted by molar-refractivity contribution is 5.94. The number of amides is 2. The summed E-state index contributed by atoms with van der Waals surface area (Å²) in [5.41, 5.74) is -0.769. The highest BCUT2D eigenvalue weighted by Gasteiger charge is 2.38. The number of nitrogens with zero attached hydrogens (tertiary/aromatic N) is 2. The van der Waals surface area contributed by atoms with E-state index in [-0.39, 0.29) is 23.4 Å². The number of benzene rings is 1. The summed E-state index contributed by atoms with van der Waals surface area (Å²) >= 11 is 0. The number of likely N-dealkylation sites (tertiary alicyclic amines) is 1. The summed E-state index contributed by atoms with van der Waals surface area (Å²) in [6, 6.07) is 1.85. The number of halogens is 3. The molecule has 5 rings (SSSR count). The zero-order valence-electron chi connectivity index (χ0n) is 20.2. The van der Waals surface area contributed by atoms with E-state index in [1.54, 1.807) is 0 Å². The molecule has 3 fully saturated rings. The van der Waals surface area contributed by atoms with Crippen LogP contribution in [-0.2, 0) is 4.79 Å². The van der Waals surface area contributed by atoms with Crippen molar-refractivity contribution in [1.82, 2.24) is 20.7 Å². The molecule has 36 heavy (non-hydrogen) atoms. The fourth-order valence-electron chi connectivity index (χ4n) is 5.20. The zero-order chi connectivity index (χ0) is 25.4. The quantitative estimate of drug-likeness (QED) is 0.570. The Morgan fingerprint density at radius 2 is 1.83 bits per heavy atom.